The number of hydrogen-bond donors (Lipinski definition) is 0. The number of halogens is 1. The summed E-state index contributed by atoms with van der Waals surface area (Å²) in [6.45, 7) is 0.0185. The second-order valence-corrected chi connectivity index (χ2v) is 6.99. The summed E-state index contributed by atoms with van der Waals surface area (Å²) >= 11 is 5.84. The summed E-state index contributed by atoms with van der Waals surface area (Å²) < 4.78 is 10.7. The Hall–Kier alpha value is -2.85. The van der Waals surface area contributed by atoms with Gasteiger partial charge < -0.3 is 9.15 Å². The molecule has 1 aromatic heterocycles. The minimum Gasteiger partial charge on any atom is -0.458 e. The second kappa shape index (κ2) is 7.41. The first-order valence-corrected chi connectivity index (χ1v) is 9.15. The number of aryl methyl sites for hydroxylation is 2. The molecule has 136 valence electrons. The van der Waals surface area contributed by atoms with Crippen molar-refractivity contribution in [2.24, 2.45) is 0 Å². The average Bonchev–Trinajstić information content (AvgIpc) is 3.11. The third-order valence-electron chi connectivity index (χ3n) is 4.69. The highest BCUT2D eigenvalue weighted by Crippen LogP contribution is 2.28. The van der Waals surface area contributed by atoms with Gasteiger partial charge in [0.05, 0.1) is 0 Å². The summed E-state index contributed by atoms with van der Waals surface area (Å²) in [6, 6.07) is 12.5. The molecule has 0 bridgehead atoms. The van der Waals surface area contributed by atoms with Crippen LogP contribution in [0.5, 0.6) is 0 Å². The fraction of sp³-hybridized carbons (Fsp3) is 0.182. The van der Waals surface area contributed by atoms with Crippen molar-refractivity contribution in [2.45, 2.75) is 25.9 Å². The van der Waals surface area contributed by atoms with Gasteiger partial charge in [0.2, 0.25) is 0 Å². The Kier molecular flexibility index (Phi) is 4.82. The predicted molar refractivity (Wildman–Crippen MR) is 105 cm³/mol. The van der Waals surface area contributed by atoms with Gasteiger partial charge in [-0.2, -0.15) is 0 Å². The van der Waals surface area contributed by atoms with Crippen LogP contribution in [-0.4, -0.2) is 5.97 Å². The predicted octanol–water partition coefficient (Wildman–Crippen LogP) is 4.69. The minimum absolute atomic E-state index is 0.0185. The number of benzene rings is 2. The van der Waals surface area contributed by atoms with Crippen LogP contribution >= 0.6 is 11.6 Å². The first-order valence-electron chi connectivity index (χ1n) is 8.77. The molecule has 5 heteroatoms. The lowest BCUT2D eigenvalue weighted by Gasteiger charge is -2.08. The maximum atomic E-state index is 12.0. The number of fused-ring (bicyclic) bond motifs is 2. The molecule has 3 aromatic rings. The molecule has 27 heavy (non-hydrogen) atoms. The van der Waals surface area contributed by atoms with Gasteiger partial charge in [0.15, 0.2) is 0 Å². The lowest BCUT2D eigenvalue weighted by Crippen LogP contribution is -2.06. The number of ether oxygens (including phenoxy) is 1. The summed E-state index contributed by atoms with van der Waals surface area (Å²) in [5, 5.41) is 1.46. The molecule has 1 aliphatic carbocycles. The van der Waals surface area contributed by atoms with Gasteiger partial charge in [-0.3, -0.25) is 0 Å². The molecule has 0 amide bonds. The molecule has 2 aromatic carbocycles. The van der Waals surface area contributed by atoms with Crippen molar-refractivity contribution in [3.63, 3.8) is 0 Å². The number of esters is 1. The van der Waals surface area contributed by atoms with Crippen molar-refractivity contribution < 1.29 is 13.9 Å². The van der Waals surface area contributed by atoms with E-state index in [1.807, 2.05) is 24.3 Å². The zero-order valence-electron chi connectivity index (χ0n) is 14.5. The Balaban J connectivity index is 1.52. The highest BCUT2D eigenvalue weighted by atomic mass is 35.5. The lowest BCUT2D eigenvalue weighted by atomic mass is 10.0. The van der Waals surface area contributed by atoms with E-state index in [0.29, 0.717) is 16.2 Å². The van der Waals surface area contributed by atoms with Crippen LogP contribution in [0.1, 0.15) is 28.7 Å². The lowest BCUT2D eigenvalue weighted by molar-refractivity contribution is -0.138. The molecular weight excluding hydrogens is 364 g/mol. The molecular formula is C22H17ClO4. The van der Waals surface area contributed by atoms with Crippen molar-refractivity contribution in [3.05, 3.63) is 86.2 Å². The van der Waals surface area contributed by atoms with E-state index in [2.05, 4.69) is 0 Å². The van der Waals surface area contributed by atoms with Crippen molar-refractivity contribution in [2.75, 3.05) is 0 Å². The van der Waals surface area contributed by atoms with Gasteiger partial charge >= 0.3 is 11.6 Å². The largest absolute Gasteiger partial charge is 0.458 e. The van der Waals surface area contributed by atoms with Crippen LogP contribution in [0.3, 0.4) is 0 Å². The molecule has 4 nitrogen and oxygen atoms in total. The van der Waals surface area contributed by atoms with E-state index in [9.17, 15) is 9.59 Å². The van der Waals surface area contributed by atoms with Gasteiger partial charge in [0, 0.05) is 28.1 Å². The zero-order valence-corrected chi connectivity index (χ0v) is 15.3. The molecule has 0 unspecified atom stereocenters. The van der Waals surface area contributed by atoms with Crippen molar-refractivity contribution in [1.82, 2.24) is 0 Å². The number of rotatable bonds is 4. The number of carbonyl (C=O) groups excluding carboxylic acids is 1. The van der Waals surface area contributed by atoms with E-state index in [-0.39, 0.29) is 6.61 Å². The Morgan fingerprint density at radius 1 is 1.11 bits per heavy atom. The Bertz CT molecular complexity index is 1090. The topological polar surface area (TPSA) is 56.5 Å². The highest BCUT2D eigenvalue weighted by molar-refractivity contribution is 6.30. The van der Waals surface area contributed by atoms with Crippen molar-refractivity contribution in [3.8, 4) is 0 Å². The SMILES string of the molecule is O=C(/C=C/c1ccc(Cl)cc1)OCc1cc(=O)oc2cc3c(cc12)CCC3. The van der Waals surface area contributed by atoms with Gasteiger partial charge in [-0.25, -0.2) is 9.59 Å². The number of carbonyl (C=O) groups is 1. The molecule has 0 fully saturated rings. The zero-order chi connectivity index (χ0) is 18.8. The molecule has 4 rings (SSSR count). The monoisotopic (exact) mass is 380 g/mol. The summed E-state index contributed by atoms with van der Waals surface area (Å²) in [5.74, 6) is -0.479. The maximum absolute atomic E-state index is 12.0. The molecule has 1 aliphatic rings. The molecule has 0 spiro atoms. The maximum Gasteiger partial charge on any atom is 0.336 e. The van der Waals surface area contributed by atoms with Crippen LogP contribution < -0.4 is 5.63 Å². The van der Waals surface area contributed by atoms with Crippen LogP contribution in [0, 0.1) is 0 Å². The van der Waals surface area contributed by atoms with Gasteiger partial charge in [-0.05, 0) is 66.3 Å². The third kappa shape index (κ3) is 3.96. The van der Waals surface area contributed by atoms with E-state index in [4.69, 9.17) is 20.8 Å². The molecule has 0 aliphatic heterocycles. The molecule has 0 atom stereocenters. The van der Waals surface area contributed by atoms with Crippen LogP contribution in [-0.2, 0) is 29.0 Å². The van der Waals surface area contributed by atoms with E-state index in [1.165, 1.54) is 23.3 Å². The van der Waals surface area contributed by atoms with Gasteiger partial charge in [0.25, 0.3) is 0 Å². The molecule has 1 heterocycles. The Morgan fingerprint density at radius 3 is 2.63 bits per heavy atom. The van der Waals surface area contributed by atoms with Crippen molar-refractivity contribution >= 4 is 34.6 Å². The number of hydrogen-bond acceptors (Lipinski definition) is 4. The fourth-order valence-corrected chi connectivity index (χ4v) is 3.48. The van der Waals surface area contributed by atoms with Gasteiger partial charge in [0.1, 0.15) is 12.2 Å². The van der Waals surface area contributed by atoms with E-state index in [0.717, 1.165) is 30.2 Å². The van der Waals surface area contributed by atoms with Crippen LogP contribution in [0.25, 0.3) is 17.0 Å². The summed E-state index contributed by atoms with van der Waals surface area (Å²) in [5.41, 5.74) is 4.10. The molecule has 0 N–H and O–H groups in total. The normalized spacial score (nSPS) is 13.2. The third-order valence-corrected chi connectivity index (χ3v) is 4.95. The van der Waals surface area contributed by atoms with Gasteiger partial charge in [-0.1, -0.05) is 23.7 Å². The average molecular weight is 381 g/mol. The second-order valence-electron chi connectivity index (χ2n) is 6.55. The van der Waals surface area contributed by atoms with E-state index in [1.54, 1.807) is 18.2 Å². The van der Waals surface area contributed by atoms with Crippen molar-refractivity contribution in [1.29, 1.82) is 0 Å². The Morgan fingerprint density at radius 2 is 1.85 bits per heavy atom. The summed E-state index contributed by atoms with van der Waals surface area (Å²) in [7, 11) is 0. The smallest absolute Gasteiger partial charge is 0.336 e. The fourth-order valence-electron chi connectivity index (χ4n) is 3.35. The Labute approximate surface area is 161 Å². The highest BCUT2D eigenvalue weighted by Gasteiger charge is 2.15. The van der Waals surface area contributed by atoms with E-state index < -0.39 is 11.6 Å². The molecule has 0 radical (unpaired) electrons. The quantitative estimate of drug-likeness (QED) is 0.374. The van der Waals surface area contributed by atoms with Gasteiger partial charge in [-0.15, -0.1) is 0 Å². The van der Waals surface area contributed by atoms with E-state index >= 15 is 0 Å². The molecule has 0 saturated heterocycles. The summed E-state index contributed by atoms with van der Waals surface area (Å²) in [6.07, 6.45) is 6.14. The standard InChI is InChI=1S/C22H17ClO4/c23-18-7-4-14(5-8-18)6-9-21(24)26-13-17-12-22(25)27-20-11-16-3-1-2-15(16)10-19(17)20/h4-12H,1-3,13H2/b9-6+. The van der Waals surface area contributed by atoms with Crippen LogP contribution in [0.4, 0.5) is 0 Å². The summed E-state index contributed by atoms with van der Waals surface area (Å²) in [4.78, 5) is 23.9. The van der Waals surface area contributed by atoms with Crippen LogP contribution in [0.2, 0.25) is 5.02 Å². The van der Waals surface area contributed by atoms with Crippen LogP contribution in [0.15, 0.2) is 57.8 Å². The first kappa shape index (κ1) is 17.6. The first-order chi connectivity index (χ1) is 13.1. The minimum atomic E-state index is -0.479. The molecule has 0 saturated carbocycles.